The number of H-pyrrole nitrogens is 1. The van der Waals surface area contributed by atoms with E-state index < -0.39 is 0 Å². The Balaban J connectivity index is 1.43. The van der Waals surface area contributed by atoms with Crippen molar-refractivity contribution in [1.82, 2.24) is 25.5 Å². The highest BCUT2D eigenvalue weighted by atomic mass is 32.1. The summed E-state index contributed by atoms with van der Waals surface area (Å²) in [6, 6.07) is 24.2. The Morgan fingerprint density at radius 1 is 1.00 bits per heavy atom. The minimum absolute atomic E-state index is 0.0868. The standard InChI is InChI=1S/C24H19N5OS/c30-21(13-18-14-31-24(27-18)23-25-15-26-29-23)28-22(17-8-2-1-3-9-17)20-12-6-10-16-7-4-5-11-19(16)20/h1-12,14-15,22H,13H2,(H,28,30)(H,25,26,29). The van der Waals surface area contributed by atoms with Gasteiger partial charge in [0.05, 0.1) is 18.2 Å². The van der Waals surface area contributed by atoms with Crippen LogP contribution in [0, 0.1) is 0 Å². The Hall–Kier alpha value is -3.84. The molecule has 0 bridgehead atoms. The Morgan fingerprint density at radius 3 is 2.65 bits per heavy atom. The smallest absolute Gasteiger partial charge is 0.226 e. The van der Waals surface area contributed by atoms with Gasteiger partial charge < -0.3 is 5.32 Å². The first-order chi connectivity index (χ1) is 15.3. The zero-order valence-corrected chi connectivity index (χ0v) is 17.3. The van der Waals surface area contributed by atoms with E-state index in [0.717, 1.165) is 21.9 Å². The van der Waals surface area contributed by atoms with Crippen LogP contribution in [-0.4, -0.2) is 26.1 Å². The maximum Gasteiger partial charge on any atom is 0.226 e. The molecular weight excluding hydrogens is 406 g/mol. The highest BCUT2D eigenvalue weighted by molar-refractivity contribution is 7.13. The van der Waals surface area contributed by atoms with Gasteiger partial charge in [0, 0.05) is 5.38 Å². The van der Waals surface area contributed by atoms with E-state index in [9.17, 15) is 4.79 Å². The molecule has 5 rings (SSSR count). The second kappa shape index (κ2) is 8.49. The molecular formula is C24H19N5OS. The van der Waals surface area contributed by atoms with E-state index in [1.807, 2.05) is 53.9 Å². The molecule has 0 fully saturated rings. The molecule has 2 N–H and O–H groups in total. The average molecular weight is 426 g/mol. The molecule has 0 aliphatic rings. The first kappa shape index (κ1) is 19.1. The lowest BCUT2D eigenvalue weighted by Crippen LogP contribution is -2.30. The number of rotatable bonds is 6. The fourth-order valence-electron chi connectivity index (χ4n) is 3.67. The summed E-state index contributed by atoms with van der Waals surface area (Å²) < 4.78 is 0. The number of aromatic nitrogens is 4. The highest BCUT2D eigenvalue weighted by Gasteiger charge is 2.20. The molecule has 152 valence electrons. The highest BCUT2D eigenvalue weighted by Crippen LogP contribution is 2.29. The maximum atomic E-state index is 13.0. The molecule has 5 aromatic rings. The summed E-state index contributed by atoms with van der Waals surface area (Å²) in [5, 5.41) is 14.7. The zero-order chi connectivity index (χ0) is 21.0. The largest absolute Gasteiger partial charge is 0.345 e. The van der Waals surface area contributed by atoms with Crippen LogP contribution in [0.1, 0.15) is 22.9 Å². The number of hydrogen-bond acceptors (Lipinski definition) is 5. The Morgan fingerprint density at radius 2 is 1.81 bits per heavy atom. The molecule has 0 aliphatic heterocycles. The maximum absolute atomic E-state index is 13.0. The number of carbonyl (C=O) groups is 1. The summed E-state index contributed by atoms with van der Waals surface area (Å²) >= 11 is 1.44. The number of nitrogens with zero attached hydrogens (tertiary/aromatic N) is 3. The first-order valence-electron chi connectivity index (χ1n) is 9.90. The van der Waals surface area contributed by atoms with Crippen molar-refractivity contribution in [3.05, 3.63) is 101 Å². The van der Waals surface area contributed by atoms with E-state index >= 15 is 0 Å². The molecule has 31 heavy (non-hydrogen) atoms. The van der Waals surface area contributed by atoms with Gasteiger partial charge in [-0.25, -0.2) is 9.97 Å². The van der Waals surface area contributed by atoms with Gasteiger partial charge in [-0.3, -0.25) is 9.89 Å². The van der Waals surface area contributed by atoms with E-state index in [-0.39, 0.29) is 18.4 Å². The van der Waals surface area contributed by atoms with Crippen molar-refractivity contribution in [2.45, 2.75) is 12.5 Å². The van der Waals surface area contributed by atoms with Crippen molar-refractivity contribution >= 4 is 28.0 Å². The van der Waals surface area contributed by atoms with Gasteiger partial charge >= 0.3 is 0 Å². The lowest BCUT2D eigenvalue weighted by molar-refractivity contribution is -0.121. The van der Waals surface area contributed by atoms with Crippen molar-refractivity contribution in [2.24, 2.45) is 0 Å². The van der Waals surface area contributed by atoms with Gasteiger partial charge in [0.2, 0.25) is 5.91 Å². The third kappa shape index (κ3) is 4.08. The van der Waals surface area contributed by atoms with E-state index in [4.69, 9.17) is 0 Å². The third-order valence-corrected chi connectivity index (χ3v) is 5.98. The molecule has 2 aromatic heterocycles. The van der Waals surface area contributed by atoms with Gasteiger partial charge in [-0.2, -0.15) is 5.10 Å². The monoisotopic (exact) mass is 425 g/mol. The molecule has 1 amide bonds. The van der Waals surface area contributed by atoms with E-state index in [1.165, 1.54) is 17.7 Å². The third-order valence-electron chi connectivity index (χ3n) is 5.08. The number of hydrogen-bond donors (Lipinski definition) is 2. The lowest BCUT2D eigenvalue weighted by atomic mass is 9.93. The number of nitrogens with one attached hydrogen (secondary N) is 2. The Bertz CT molecular complexity index is 1310. The van der Waals surface area contributed by atoms with Crippen LogP contribution >= 0.6 is 11.3 Å². The normalized spacial score (nSPS) is 12.0. The fraction of sp³-hybridized carbons (Fsp3) is 0.0833. The number of fused-ring (bicyclic) bond motifs is 1. The molecule has 2 heterocycles. The summed E-state index contributed by atoms with van der Waals surface area (Å²) in [7, 11) is 0. The zero-order valence-electron chi connectivity index (χ0n) is 16.5. The fourth-order valence-corrected chi connectivity index (χ4v) is 4.43. The number of aromatic amines is 1. The second-order valence-corrected chi connectivity index (χ2v) is 7.99. The quantitative estimate of drug-likeness (QED) is 0.419. The van der Waals surface area contributed by atoms with Crippen LogP contribution in [0.3, 0.4) is 0 Å². The predicted octanol–water partition coefficient (Wildman–Crippen LogP) is 4.53. The summed E-state index contributed by atoms with van der Waals surface area (Å²) in [6.45, 7) is 0. The molecule has 0 radical (unpaired) electrons. The summed E-state index contributed by atoms with van der Waals surface area (Å²) in [5.41, 5.74) is 2.81. The predicted molar refractivity (Wildman–Crippen MR) is 122 cm³/mol. The van der Waals surface area contributed by atoms with Crippen molar-refractivity contribution in [2.75, 3.05) is 0 Å². The van der Waals surface area contributed by atoms with E-state index in [0.29, 0.717) is 16.5 Å². The van der Waals surface area contributed by atoms with Crippen LogP contribution in [0.2, 0.25) is 0 Å². The van der Waals surface area contributed by atoms with Crippen LogP contribution in [0.5, 0.6) is 0 Å². The van der Waals surface area contributed by atoms with Gasteiger partial charge in [-0.05, 0) is 21.9 Å². The summed E-state index contributed by atoms with van der Waals surface area (Å²) in [5.74, 6) is 0.519. The Kier molecular flexibility index (Phi) is 5.24. The molecule has 1 atom stereocenters. The summed E-state index contributed by atoms with van der Waals surface area (Å²) in [4.78, 5) is 21.7. The SMILES string of the molecule is O=C(Cc1csc(-c2ncn[nH]2)n1)NC(c1ccccc1)c1cccc2ccccc12. The topological polar surface area (TPSA) is 83.6 Å². The van der Waals surface area contributed by atoms with Gasteiger partial charge in [0.15, 0.2) is 10.8 Å². The van der Waals surface area contributed by atoms with Crippen LogP contribution in [0.15, 0.2) is 84.5 Å². The molecule has 0 spiro atoms. The van der Waals surface area contributed by atoms with Crippen LogP contribution < -0.4 is 5.32 Å². The first-order valence-corrected chi connectivity index (χ1v) is 10.8. The number of thiazole rings is 1. The van der Waals surface area contributed by atoms with Crippen LogP contribution in [0.25, 0.3) is 21.6 Å². The minimum atomic E-state index is -0.257. The van der Waals surface area contributed by atoms with Crippen LogP contribution in [0.4, 0.5) is 0 Å². The molecule has 1 unspecified atom stereocenters. The second-order valence-electron chi connectivity index (χ2n) is 7.13. The van der Waals surface area contributed by atoms with Crippen molar-refractivity contribution in [3.63, 3.8) is 0 Å². The van der Waals surface area contributed by atoms with Crippen molar-refractivity contribution in [3.8, 4) is 10.8 Å². The molecule has 7 heteroatoms. The molecule has 0 aliphatic carbocycles. The van der Waals surface area contributed by atoms with Gasteiger partial charge in [-0.1, -0.05) is 72.8 Å². The van der Waals surface area contributed by atoms with Gasteiger partial charge in [-0.15, -0.1) is 11.3 Å². The molecule has 0 saturated carbocycles. The lowest BCUT2D eigenvalue weighted by Gasteiger charge is -2.21. The molecule has 6 nitrogen and oxygen atoms in total. The minimum Gasteiger partial charge on any atom is -0.345 e. The number of amides is 1. The number of carbonyl (C=O) groups excluding carboxylic acids is 1. The number of benzene rings is 3. The molecule has 3 aromatic carbocycles. The van der Waals surface area contributed by atoms with E-state index in [1.54, 1.807) is 0 Å². The average Bonchev–Trinajstić information content (AvgIpc) is 3.50. The van der Waals surface area contributed by atoms with Gasteiger partial charge in [0.25, 0.3) is 0 Å². The van der Waals surface area contributed by atoms with Crippen molar-refractivity contribution < 1.29 is 4.79 Å². The van der Waals surface area contributed by atoms with Gasteiger partial charge in [0.1, 0.15) is 6.33 Å². The van der Waals surface area contributed by atoms with Crippen LogP contribution in [-0.2, 0) is 11.2 Å². The summed E-state index contributed by atoms with van der Waals surface area (Å²) in [6.07, 6.45) is 1.64. The van der Waals surface area contributed by atoms with Crippen molar-refractivity contribution in [1.29, 1.82) is 0 Å². The molecule has 0 saturated heterocycles. The Labute approximate surface area is 183 Å². The van der Waals surface area contributed by atoms with E-state index in [2.05, 4.69) is 49.7 Å².